The fourth-order valence-electron chi connectivity index (χ4n) is 2.57. The number of aryl methyl sites for hydroxylation is 1. The van der Waals surface area contributed by atoms with Gasteiger partial charge in [0.1, 0.15) is 0 Å². The average molecular weight is 316 g/mol. The molecule has 2 rings (SSSR count). The van der Waals surface area contributed by atoms with Crippen molar-refractivity contribution in [3.8, 4) is 0 Å². The maximum absolute atomic E-state index is 12.5. The molecular formula is C14H18ClNO3S. The van der Waals surface area contributed by atoms with E-state index in [1.807, 2.05) is 0 Å². The van der Waals surface area contributed by atoms with Crippen molar-refractivity contribution in [1.82, 2.24) is 4.90 Å². The third-order valence-electron chi connectivity index (χ3n) is 3.52. The number of halogens is 1. The lowest BCUT2D eigenvalue weighted by atomic mass is 9.99. The average Bonchev–Trinajstić information content (AvgIpc) is 2.36. The van der Waals surface area contributed by atoms with Crippen LogP contribution in [0, 0.1) is 12.8 Å². The largest absolute Gasteiger partial charge is 0.338 e. The predicted molar refractivity (Wildman–Crippen MR) is 78.5 cm³/mol. The molecule has 0 bridgehead atoms. The van der Waals surface area contributed by atoms with Crippen LogP contribution < -0.4 is 0 Å². The summed E-state index contributed by atoms with van der Waals surface area (Å²) in [6.07, 6.45) is 2.11. The minimum atomic E-state index is -3.82. The van der Waals surface area contributed by atoms with E-state index in [4.69, 9.17) is 10.7 Å². The van der Waals surface area contributed by atoms with E-state index in [9.17, 15) is 13.2 Å². The molecule has 1 fully saturated rings. The number of carbonyl (C=O) groups excluding carboxylic acids is 1. The Morgan fingerprint density at radius 3 is 2.65 bits per heavy atom. The molecule has 1 amide bonds. The minimum Gasteiger partial charge on any atom is -0.338 e. The van der Waals surface area contributed by atoms with Gasteiger partial charge in [0.05, 0.1) is 4.90 Å². The summed E-state index contributed by atoms with van der Waals surface area (Å²) in [4.78, 5) is 14.2. The highest BCUT2D eigenvalue weighted by atomic mass is 35.7. The van der Waals surface area contributed by atoms with Crippen molar-refractivity contribution in [2.75, 3.05) is 13.1 Å². The fraction of sp³-hybridized carbons (Fsp3) is 0.500. The van der Waals surface area contributed by atoms with Gasteiger partial charge in [-0.3, -0.25) is 4.79 Å². The van der Waals surface area contributed by atoms with Crippen LogP contribution in [0.3, 0.4) is 0 Å². The second kappa shape index (κ2) is 5.74. The normalized spacial score (nSPS) is 19.9. The van der Waals surface area contributed by atoms with Gasteiger partial charge in [0.25, 0.3) is 15.0 Å². The lowest BCUT2D eigenvalue weighted by Gasteiger charge is -2.31. The maximum atomic E-state index is 12.5. The molecule has 20 heavy (non-hydrogen) atoms. The van der Waals surface area contributed by atoms with Crippen molar-refractivity contribution in [3.63, 3.8) is 0 Å². The summed E-state index contributed by atoms with van der Waals surface area (Å²) in [6.45, 7) is 5.31. The van der Waals surface area contributed by atoms with Gasteiger partial charge < -0.3 is 4.90 Å². The Balaban J connectivity index is 2.32. The summed E-state index contributed by atoms with van der Waals surface area (Å²) in [5, 5.41) is 0. The zero-order valence-electron chi connectivity index (χ0n) is 11.6. The molecule has 1 heterocycles. The number of amides is 1. The Bertz CT molecular complexity index is 627. The zero-order valence-corrected chi connectivity index (χ0v) is 13.2. The number of hydrogen-bond acceptors (Lipinski definition) is 3. The molecule has 0 radical (unpaired) electrons. The van der Waals surface area contributed by atoms with Gasteiger partial charge in [-0.05, 0) is 49.4 Å². The Hall–Kier alpha value is -1.07. The standard InChI is InChI=1S/C14H18ClNO3S/c1-10-4-3-5-16(9-10)14(17)12-6-11(2)7-13(8-12)20(15,18)19/h6-8,10H,3-5,9H2,1-2H3. The number of carbonyl (C=O) groups is 1. The van der Waals surface area contributed by atoms with E-state index in [2.05, 4.69) is 6.92 Å². The number of benzene rings is 1. The summed E-state index contributed by atoms with van der Waals surface area (Å²) >= 11 is 0. The molecule has 0 aromatic heterocycles. The van der Waals surface area contributed by atoms with Crippen LogP contribution in [0.25, 0.3) is 0 Å². The molecule has 1 aromatic rings. The maximum Gasteiger partial charge on any atom is 0.261 e. The molecule has 110 valence electrons. The van der Waals surface area contributed by atoms with E-state index in [0.29, 0.717) is 17.0 Å². The van der Waals surface area contributed by atoms with Crippen LogP contribution in [-0.2, 0) is 9.05 Å². The van der Waals surface area contributed by atoms with E-state index in [1.54, 1.807) is 17.9 Å². The zero-order chi connectivity index (χ0) is 14.9. The van der Waals surface area contributed by atoms with Gasteiger partial charge in [0.2, 0.25) is 0 Å². The quantitative estimate of drug-likeness (QED) is 0.789. The third kappa shape index (κ3) is 3.52. The van der Waals surface area contributed by atoms with Crippen molar-refractivity contribution >= 4 is 25.6 Å². The molecule has 1 aromatic carbocycles. The first kappa shape index (κ1) is 15.3. The van der Waals surface area contributed by atoms with E-state index in [-0.39, 0.29) is 10.8 Å². The highest BCUT2D eigenvalue weighted by molar-refractivity contribution is 8.13. The summed E-state index contributed by atoms with van der Waals surface area (Å²) in [5.74, 6) is 0.357. The Kier molecular flexibility index (Phi) is 4.39. The van der Waals surface area contributed by atoms with Crippen molar-refractivity contribution in [1.29, 1.82) is 0 Å². The van der Waals surface area contributed by atoms with Crippen LogP contribution in [0.2, 0.25) is 0 Å². The molecule has 6 heteroatoms. The van der Waals surface area contributed by atoms with Gasteiger partial charge in [0, 0.05) is 29.3 Å². The van der Waals surface area contributed by atoms with Crippen LogP contribution in [-0.4, -0.2) is 32.3 Å². The first-order valence-electron chi connectivity index (χ1n) is 6.63. The molecule has 1 atom stereocenters. The van der Waals surface area contributed by atoms with Gasteiger partial charge in [-0.25, -0.2) is 8.42 Å². The van der Waals surface area contributed by atoms with Gasteiger partial charge in [0.15, 0.2) is 0 Å². The molecule has 1 aliphatic rings. The van der Waals surface area contributed by atoms with Gasteiger partial charge in [-0.15, -0.1) is 0 Å². The lowest BCUT2D eigenvalue weighted by molar-refractivity contribution is 0.0682. The third-order valence-corrected chi connectivity index (χ3v) is 4.86. The van der Waals surface area contributed by atoms with Crippen LogP contribution in [0.1, 0.15) is 35.7 Å². The molecule has 1 saturated heterocycles. The second-order valence-corrected chi connectivity index (χ2v) is 8.04. The molecule has 0 spiro atoms. The number of rotatable bonds is 2. The highest BCUT2D eigenvalue weighted by Gasteiger charge is 2.23. The van der Waals surface area contributed by atoms with Gasteiger partial charge in [-0.1, -0.05) is 6.92 Å². The highest BCUT2D eigenvalue weighted by Crippen LogP contribution is 2.22. The molecule has 0 aliphatic carbocycles. The second-order valence-electron chi connectivity index (χ2n) is 5.47. The van der Waals surface area contributed by atoms with Crippen LogP contribution >= 0.6 is 10.7 Å². The predicted octanol–water partition coefficient (Wildman–Crippen LogP) is 2.79. The molecule has 1 unspecified atom stereocenters. The number of likely N-dealkylation sites (tertiary alicyclic amines) is 1. The Morgan fingerprint density at radius 2 is 2.05 bits per heavy atom. The first-order chi connectivity index (χ1) is 9.27. The minimum absolute atomic E-state index is 0.0208. The topological polar surface area (TPSA) is 54.5 Å². The van der Waals surface area contributed by atoms with E-state index < -0.39 is 9.05 Å². The summed E-state index contributed by atoms with van der Waals surface area (Å²) in [6, 6.07) is 4.53. The van der Waals surface area contributed by atoms with Crippen LogP contribution in [0.4, 0.5) is 0 Å². The molecule has 0 saturated carbocycles. The monoisotopic (exact) mass is 315 g/mol. The van der Waals surface area contributed by atoms with Crippen molar-refractivity contribution in [2.24, 2.45) is 5.92 Å². The molecular weight excluding hydrogens is 298 g/mol. The van der Waals surface area contributed by atoms with Gasteiger partial charge in [-0.2, -0.15) is 0 Å². The van der Waals surface area contributed by atoms with Crippen molar-refractivity contribution in [2.45, 2.75) is 31.6 Å². The summed E-state index contributed by atoms with van der Waals surface area (Å²) in [7, 11) is 1.54. The Labute approximate surface area is 124 Å². The fourth-order valence-corrected chi connectivity index (χ4v) is 3.43. The smallest absolute Gasteiger partial charge is 0.261 e. The Morgan fingerprint density at radius 1 is 1.35 bits per heavy atom. The molecule has 0 N–H and O–H groups in total. The summed E-state index contributed by atoms with van der Waals surface area (Å²) in [5.41, 5.74) is 1.10. The number of hydrogen-bond donors (Lipinski definition) is 0. The lowest BCUT2D eigenvalue weighted by Crippen LogP contribution is -2.39. The SMILES string of the molecule is Cc1cc(C(=O)N2CCCC(C)C2)cc(S(=O)(=O)Cl)c1. The van der Waals surface area contributed by atoms with Crippen molar-refractivity contribution < 1.29 is 13.2 Å². The van der Waals surface area contributed by atoms with Crippen LogP contribution in [0.15, 0.2) is 23.1 Å². The first-order valence-corrected chi connectivity index (χ1v) is 8.94. The van der Waals surface area contributed by atoms with Crippen LogP contribution in [0.5, 0.6) is 0 Å². The van der Waals surface area contributed by atoms with E-state index in [0.717, 1.165) is 25.9 Å². The summed E-state index contributed by atoms with van der Waals surface area (Å²) < 4.78 is 22.9. The van der Waals surface area contributed by atoms with E-state index >= 15 is 0 Å². The molecule has 4 nitrogen and oxygen atoms in total. The molecule has 1 aliphatic heterocycles. The number of nitrogens with zero attached hydrogens (tertiary/aromatic N) is 1. The van der Waals surface area contributed by atoms with Crippen molar-refractivity contribution in [3.05, 3.63) is 29.3 Å². The van der Waals surface area contributed by atoms with Gasteiger partial charge >= 0.3 is 0 Å². The van der Waals surface area contributed by atoms with E-state index in [1.165, 1.54) is 12.1 Å². The number of piperidine rings is 1.